The number of unbranched alkanes of at least 4 members (excludes halogenated alkanes) is 3. The van der Waals surface area contributed by atoms with Crippen LogP contribution in [0.1, 0.15) is 51.0 Å². The highest BCUT2D eigenvalue weighted by molar-refractivity contribution is 5.99. The summed E-state index contributed by atoms with van der Waals surface area (Å²) in [5, 5.41) is 15.5. The Bertz CT molecular complexity index is 1680. The standard InChI is InChI=1S/C31H35N7/c1-3-4-5-6-10-21-13-15-24(26(19-21)33-2)30-35-28-12-9-11-27(38(28)31(32)36-30)34-29-23-16-14-22(20-25(23)29)37-17-7-8-18-37/h9,11-16,19-20,32-33H,3-8,10,17-18H2,1-2H3/b32-31?,34-29+. The van der Waals surface area contributed by atoms with Gasteiger partial charge in [-0.1, -0.05) is 44.4 Å². The quantitative estimate of drug-likeness (QED) is 0.244. The van der Waals surface area contributed by atoms with Gasteiger partial charge in [-0.2, -0.15) is 4.98 Å². The zero-order valence-corrected chi connectivity index (χ0v) is 22.3. The number of rotatable bonds is 9. The average molecular weight is 506 g/mol. The van der Waals surface area contributed by atoms with Gasteiger partial charge in [0.1, 0.15) is 11.5 Å². The number of hydrogen-bond acceptors (Lipinski definition) is 6. The normalized spacial score (nSPS) is 14.4. The third-order valence-electron chi connectivity index (χ3n) is 7.65. The monoisotopic (exact) mass is 505 g/mol. The van der Waals surface area contributed by atoms with Gasteiger partial charge in [0.15, 0.2) is 5.82 Å². The second-order valence-electron chi connectivity index (χ2n) is 10.3. The number of aryl methyl sites for hydroxylation is 1. The fraction of sp³-hybridized carbons (Fsp3) is 0.355. The average Bonchev–Trinajstić information content (AvgIpc) is 3.32. The van der Waals surface area contributed by atoms with E-state index in [1.165, 1.54) is 60.5 Å². The van der Waals surface area contributed by atoms with Crippen LogP contribution in [0.15, 0.2) is 59.6 Å². The molecule has 0 unspecified atom stereocenters. The number of hydrogen-bond donors (Lipinski definition) is 2. The van der Waals surface area contributed by atoms with Crippen LogP contribution in [0.4, 0.5) is 17.2 Å². The van der Waals surface area contributed by atoms with Crippen LogP contribution in [0.2, 0.25) is 0 Å². The van der Waals surface area contributed by atoms with Crippen molar-refractivity contribution < 1.29 is 0 Å². The van der Waals surface area contributed by atoms with Crippen LogP contribution >= 0.6 is 0 Å². The summed E-state index contributed by atoms with van der Waals surface area (Å²) in [6, 6.07) is 18.8. The molecule has 1 aliphatic rings. The maximum absolute atomic E-state index is 8.78. The highest BCUT2D eigenvalue weighted by Gasteiger charge is 2.17. The number of anilines is 2. The van der Waals surface area contributed by atoms with Crippen molar-refractivity contribution in [2.45, 2.75) is 51.9 Å². The van der Waals surface area contributed by atoms with Crippen LogP contribution < -0.4 is 21.2 Å². The minimum absolute atomic E-state index is 0.123. The summed E-state index contributed by atoms with van der Waals surface area (Å²) in [4.78, 5) is 16.8. The molecule has 6 rings (SSSR count). The molecule has 0 atom stereocenters. The van der Waals surface area contributed by atoms with Gasteiger partial charge in [0, 0.05) is 47.8 Å². The number of benzene rings is 2. The van der Waals surface area contributed by atoms with E-state index in [-0.39, 0.29) is 5.62 Å². The summed E-state index contributed by atoms with van der Waals surface area (Å²) < 4.78 is 1.72. The summed E-state index contributed by atoms with van der Waals surface area (Å²) in [6.07, 6.45) is 8.58. The fourth-order valence-electron chi connectivity index (χ4n) is 5.48. The molecule has 3 aromatic carbocycles. The summed E-state index contributed by atoms with van der Waals surface area (Å²) >= 11 is 0. The molecule has 0 spiro atoms. The van der Waals surface area contributed by atoms with Gasteiger partial charge in [-0.25, -0.2) is 14.4 Å². The second kappa shape index (κ2) is 10.4. The van der Waals surface area contributed by atoms with Crippen LogP contribution in [0.5, 0.6) is 0 Å². The van der Waals surface area contributed by atoms with Gasteiger partial charge in [0.05, 0.1) is 5.36 Å². The van der Waals surface area contributed by atoms with E-state index in [1.807, 2.05) is 25.2 Å². The van der Waals surface area contributed by atoms with Crippen LogP contribution in [-0.4, -0.2) is 34.5 Å². The largest absolute Gasteiger partial charge is 0.388 e. The third kappa shape index (κ3) is 4.69. The molecular weight excluding hydrogens is 470 g/mol. The van der Waals surface area contributed by atoms with E-state index < -0.39 is 0 Å². The zero-order valence-electron chi connectivity index (χ0n) is 22.3. The van der Waals surface area contributed by atoms with Crippen molar-refractivity contribution in [2.75, 3.05) is 30.4 Å². The van der Waals surface area contributed by atoms with E-state index in [0.717, 1.165) is 36.1 Å². The van der Waals surface area contributed by atoms with E-state index in [4.69, 9.17) is 15.4 Å². The third-order valence-corrected chi connectivity index (χ3v) is 7.65. The van der Waals surface area contributed by atoms with Gasteiger partial charge in [-0.05, 0) is 67.6 Å². The van der Waals surface area contributed by atoms with Crippen molar-refractivity contribution in [1.82, 2.24) is 14.4 Å². The molecule has 2 N–H and O–H groups in total. The Labute approximate surface area is 223 Å². The first-order valence-corrected chi connectivity index (χ1v) is 13.9. The van der Waals surface area contributed by atoms with Gasteiger partial charge >= 0.3 is 0 Å². The molecule has 2 aromatic heterocycles. The first-order chi connectivity index (χ1) is 18.7. The van der Waals surface area contributed by atoms with E-state index in [2.05, 4.69) is 58.5 Å². The molecule has 3 heterocycles. The first kappa shape index (κ1) is 24.3. The molecule has 1 aliphatic heterocycles. The molecule has 38 heavy (non-hydrogen) atoms. The molecular formula is C31H35N7. The molecule has 7 nitrogen and oxygen atoms in total. The minimum atomic E-state index is 0.123. The van der Waals surface area contributed by atoms with Crippen molar-refractivity contribution in [3.63, 3.8) is 0 Å². The van der Waals surface area contributed by atoms with Gasteiger partial charge < -0.3 is 10.2 Å². The second-order valence-corrected chi connectivity index (χ2v) is 10.3. The number of fused-ring (bicyclic) bond motifs is 2. The predicted octanol–water partition coefficient (Wildman–Crippen LogP) is 5.90. The van der Waals surface area contributed by atoms with Gasteiger partial charge in [0.25, 0.3) is 0 Å². The molecule has 1 fully saturated rings. The van der Waals surface area contributed by atoms with Crippen LogP contribution in [0.25, 0.3) is 27.8 Å². The van der Waals surface area contributed by atoms with Crippen LogP contribution in [-0.2, 0) is 6.42 Å². The number of nitrogens with one attached hydrogen (secondary N) is 2. The molecule has 0 saturated carbocycles. The number of nitrogens with zero attached hydrogens (tertiary/aromatic N) is 5. The molecule has 5 aromatic rings. The lowest BCUT2D eigenvalue weighted by Crippen LogP contribution is -2.20. The maximum Gasteiger partial charge on any atom is 0.231 e. The van der Waals surface area contributed by atoms with Crippen LogP contribution in [0, 0.1) is 5.41 Å². The Morgan fingerprint density at radius 2 is 1.82 bits per heavy atom. The highest BCUT2D eigenvalue weighted by atomic mass is 15.2. The molecule has 0 amide bonds. The molecule has 194 valence electrons. The van der Waals surface area contributed by atoms with Crippen molar-refractivity contribution >= 4 is 33.6 Å². The van der Waals surface area contributed by atoms with E-state index in [0.29, 0.717) is 17.3 Å². The Balaban J connectivity index is 1.33. The summed E-state index contributed by atoms with van der Waals surface area (Å²) in [5.41, 5.74) is 5.26. The molecule has 0 aliphatic carbocycles. The number of aromatic nitrogens is 3. The summed E-state index contributed by atoms with van der Waals surface area (Å²) in [7, 11) is 1.92. The minimum Gasteiger partial charge on any atom is -0.388 e. The van der Waals surface area contributed by atoms with Crippen molar-refractivity contribution in [2.24, 2.45) is 4.99 Å². The molecule has 1 saturated heterocycles. The van der Waals surface area contributed by atoms with E-state index in [9.17, 15) is 0 Å². The maximum atomic E-state index is 8.78. The Morgan fingerprint density at radius 3 is 2.63 bits per heavy atom. The van der Waals surface area contributed by atoms with E-state index in [1.54, 1.807) is 4.40 Å². The van der Waals surface area contributed by atoms with Crippen molar-refractivity contribution in [3.8, 4) is 11.4 Å². The fourth-order valence-corrected chi connectivity index (χ4v) is 5.48. The summed E-state index contributed by atoms with van der Waals surface area (Å²) in [6.45, 7) is 4.49. The lowest BCUT2D eigenvalue weighted by Gasteiger charge is -2.16. The van der Waals surface area contributed by atoms with Crippen molar-refractivity contribution in [1.29, 1.82) is 5.41 Å². The van der Waals surface area contributed by atoms with Crippen LogP contribution in [0.3, 0.4) is 0 Å². The Hall–Kier alpha value is -4.00. The Morgan fingerprint density at radius 1 is 0.947 bits per heavy atom. The first-order valence-electron chi connectivity index (χ1n) is 13.9. The molecule has 0 radical (unpaired) electrons. The Kier molecular flexibility index (Phi) is 6.66. The number of pyridine rings is 1. The SMILES string of the molecule is CCCCCCc1ccc(-c2nc(=N)n3c(/N=c4\c5ccc(N6CCCC6)cc45)cccc3n2)c(NC)c1. The summed E-state index contributed by atoms with van der Waals surface area (Å²) in [5.74, 6) is 1.22. The topological polar surface area (TPSA) is 81.7 Å². The van der Waals surface area contributed by atoms with Gasteiger partial charge in [-0.15, -0.1) is 0 Å². The van der Waals surface area contributed by atoms with Gasteiger partial charge in [-0.3, -0.25) is 5.41 Å². The molecule has 7 heteroatoms. The smallest absolute Gasteiger partial charge is 0.231 e. The van der Waals surface area contributed by atoms with E-state index >= 15 is 0 Å². The highest BCUT2D eigenvalue weighted by Crippen LogP contribution is 2.29. The predicted molar refractivity (Wildman–Crippen MR) is 155 cm³/mol. The zero-order chi connectivity index (χ0) is 26.1. The van der Waals surface area contributed by atoms with Gasteiger partial charge in [0.2, 0.25) is 5.62 Å². The lowest BCUT2D eigenvalue weighted by molar-refractivity contribution is 0.667. The van der Waals surface area contributed by atoms with Crippen molar-refractivity contribution in [3.05, 3.63) is 71.1 Å². The molecule has 0 bridgehead atoms. The lowest BCUT2D eigenvalue weighted by atomic mass is 10.0.